The van der Waals surface area contributed by atoms with Crippen LogP contribution in [-0.4, -0.2) is 21.2 Å². The molecule has 4 aromatic carbocycles. The molecule has 0 aliphatic carbocycles. The zero-order valence-electron chi connectivity index (χ0n) is 17.1. The maximum atomic E-state index is 13.2. The Bertz CT molecular complexity index is 1590. The monoisotopic (exact) mass is 432 g/mol. The largest absolute Gasteiger partial charge is 0.505 e. The van der Waals surface area contributed by atoms with E-state index in [9.17, 15) is 9.90 Å². The summed E-state index contributed by atoms with van der Waals surface area (Å²) in [4.78, 5) is 13.2. The Hall–Kier alpha value is -5.03. The van der Waals surface area contributed by atoms with Crippen LogP contribution in [0.5, 0.6) is 5.75 Å². The number of hydrogen-bond acceptors (Lipinski definition) is 6. The van der Waals surface area contributed by atoms with E-state index in [4.69, 9.17) is 5.26 Å². The SMILES string of the molecule is N#Cc1cn[nH]c1N=Nc1c(O)c(C(=O)Nc2cccc3ccccc23)cc2ccccc12. The first-order valence-electron chi connectivity index (χ1n) is 10.0. The first-order chi connectivity index (χ1) is 16.2. The number of azo groups is 1. The molecule has 1 heterocycles. The van der Waals surface area contributed by atoms with E-state index in [2.05, 4.69) is 25.7 Å². The summed E-state index contributed by atoms with van der Waals surface area (Å²) in [5, 5.41) is 40.8. The van der Waals surface area contributed by atoms with Crippen molar-refractivity contribution in [2.75, 3.05) is 5.32 Å². The Morgan fingerprint density at radius 1 is 0.970 bits per heavy atom. The second-order valence-corrected chi connectivity index (χ2v) is 7.27. The van der Waals surface area contributed by atoms with E-state index in [1.807, 2.05) is 54.6 Å². The number of carbonyl (C=O) groups excluding carboxylic acids is 1. The number of rotatable bonds is 4. The van der Waals surface area contributed by atoms with Crippen molar-refractivity contribution in [3.63, 3.8) is 0 Å². The lowest BCUT2D eigenvalue weighted by molar-refractivity contribution is 0.102. The van der Waals surface area contributed by atoms with Crippen molar-refractivity contribution >= 4 is 44.6 Å². The minimum absolute atomic E-state index is 0.0562. The van der Waals surface area contributed by atoms with E-state index in [1.54, 1.807) is 24.3 Å². The van der Waals surface area contributed by atoms with Crippen LogP contribution >= 0.6 is 0 Å². The second kappa shape index (κ2) is 8.24. The van der Waals surface area contributed by atoms with Gasteiger partial charge >= 0.3 is 0 Å². The van der Waals surface area contributed by atoms with Gasteiger partial charge in [-0.15, -0.1) is 10.2 Å². The summed E-state index contributed by atoms with van der Waals surface area (Å²) in [7, 11) is 0. The van der Waals surface area contributed by atoms with E-state index in [0.29, 0.717) is 16.5 Å². The fourth-order valence-electron chi connectivity index (χ4n) is 3.65. The van der Waals surface area contributed by atoms with Crippen molar-refractivity contribution in [3.8, 4) is 11.8 Å². The topological polar surface area (TPSA) is 127 Å². The molecule has 3 N–H and O–H groups in total. The minimum atomic E-state index is -0.481. The lowest BCUT2D eigenvalue weighted by Crippen LogP contribution is -2.12. The fraction of sp³-hybridized carbons (Fsp3) is 0. The summed E-state index contributed by atoms with van der Waals surface area (Å²) in [6.07, 6.45) is 1.33. The number of amides is 1. The molecule has 0 bridgehead atoms. The van der Waals surface area contributed by atoms with Gasteiger partial charge in [0.25, 0.3) is 5.91 Å². The Labute approximate surface area is 187 Å². The van der Waals surface area contributed by atoms with Crippen LogP contribution in [-0.2, 0) is 0 Å². The molecule has 5 rings (SSSR count). The third kappa shape index (κ3) is 3.64. The standard InChI is InChI=1S/C25H16N6O2/c26-13-17-14-27-30-24(17)31-29-22-19-10-4-2-7-16(19)12-20(23(22)32)25(33)28-21-11-5-8-15-6-1-3-9-18(15)21/h1-12,14,32H,(H,27,30)(H,28,33). The van der Waals surface area contributed by atoms with Crippen molar-refractivity contribution in [3.05, 3.63) is 90.1 Å². The number of aromatic hydroxyl groups is 1. The summed E-state index contributed by atoms with van der Waals surface area (Å²) in [5.74, 6) is -0.634. The molecule has 0 fully saturated rings. The van der Waals surface area contributed by atoms with Crippen molar-refractivity contribution in [1.29, 1.82) is 5.26 Å². The van der Waals surface area contributed by atoms with Gasteiger partial charge in [-0.05, 0) is 22.9 Å². The van der Waals surface area contributed by atoms with Crippen LogP contribution < -0.4 is 5.32 Å². The van der Waals surface area contributed by atoms with Crippen molar-refractivity contribution in [2.45, 2.75) is 0 Å². The highest BCUT2D eigenvalue weighted by atomic mass is 16.3. The number of fused-ring (bicyclic) bond motifs is 2. The predicted molar refractivity (Wildman–Crippen MR) is 125 cm³/mol. The highest BCUT2D eigenvalue weighted by Crippen LogP contribution is 2.40. The Morgan fingerprint density at radius 2 is 1.70 bits per heavy atom. The molecule has 0 radical (unpaired) electrons. The number of carbonyl (C=O) groups is 1. The molecule has 8 nitrogen and oxygen atoms in total. The van der Waals surface area contributed by atoms with Crippen LogP contribution in [0.25, 0.3) is 21.5 Å². The number of nitriles is 1. The predicted octanol–water partition coefficient (Wildman–Crippen LogP) is 5.96. The number of nitrogens with one attached hydrogen (secondary N) is 2. The summed E-state index contributed by atoms with van der Waals surface area (Å²) in [6.45, 7) is 0. The number of aromatic amines is 1. The molecule has 0 atom stereocenters. The smallest absolute Gasteiger partial charge is 0.259 e. The molecule has 5 aromatic rings. The van der Waals surface area contributed by atoms with E-state index >= 15 is 0 Å². The Morgan fingerprint density at radius 3 is 2.52 bits per heavy atom. The number of benzene rings is 4. The van der Waals surface area contributed by atoms with Crippen LogP contribution in [0.15, 0.2) is 89.2 Å². The molecular weight excluding hydrogens is 416 g/mol. The summed E-state index contributed by atoms with van der Waals surface area (Å²) in [5.41, 5.74) is 1.02. The van der Waals surface area contributed by atoms with Crippen molar-refractivity contribution in [2.24, 2.45) is 10.2 Å². The number of nitrogens with zero attached hydrogens (tertiary/aromatic N) is 4. The van der Waals surface area contributed by atoms with Crippen LogP contribution in [0, 0.1) is 11.3 Å². The van der Waals surface area contributed by atoms with Gasteiger partial charge < -0.3 is 10.4 Å². The molecule has 158 valence electrons. The third-order valence-electron chi connectivity index (χ3n) is 5.27. The molecule has 0 aliphatic heterocycles. The van der Waals surface area contributed by atoms with Gasteiger partial charge in [-0.3, -0.25) is 9.89 Å². The molecule has 33 heavy (non-hydrogen) atoms. The van der Waals surface area contributed by atoms with Crippen molar-refractivity contribution in [1.82, 2.24) is 10.2 Å². The number of aromatic nitrogens is 2. The molecule has 0 aliphatic rings. The number of phenolic OH excluding ortho intramolecular Hbond substituents is 1. The highest BCUT2D eigenvalue weighted by molar-refractivity contribution is 6.14. The average Bonchev–Trinajstić information content (AvgIpc) is 3.31. The maximum absolute atomic E-state index is 13.2. The lowest BCUT2D eigenvalue weighted by Gasteiger charge is -2.12. The lowest BCUT2D eigenvalue weighted by atomic mass is 10.0. The summed E-state index contributed by atoms with van der Waals surface area (Å²) < 4.78 is 0. The van der Waals surface area contributed by atoms with Gasteiger partial charge in [0.05, 0.1) is 11.8 Å². The number of anilines is 1. The molecule has 1 amide bonds. The molecular formula is C25H16N6O2. The number of phenols is 1. The van der Waals surface area contributed by atoms with Gasteiger partial charge in [-0.25, -0.2) is 0 Å². The van der Waals surface area contributed by atoms with E-state index < -0.39 is 5.91 Å². The van der Waals surface area contributed by atoms with Gasteiger partial charge in [-0.1, -0.05) is 60.7 Å². The Balaban J connectivity index is 1.59. The quantitative estimate of drug-likeness (QED) is 0.303. The van der Waals surface area contributed by atoms with E-state index in [-0.39, 0.29) is 28.4 Å². The van der Waals surface area contributed by atoms with E-state index in [1.165, 1.54) is 6.20 Å². The third-order valence-corrected chi connectivity index (χ3v) is 5.27. The van der Waals surface area contributed by atoms with Gasteiger partial charge in [0.1, 0.15) is 17.3 Å². The molecule has 0 spiro atoms. The number of hydrogen-bond donors (Lipinski definition) is 3. The van der Waals surface area contributed by atoms with Crippen molar-refractivity contribution < 1.29 is 9.90 Å². The Kier molecular flexibility index (Phi) is 4.97. The first kappa shape index (κ1) is 19.9. The summed E-state index contributed by atoms with van der Waals surface area (Å²) >= 11 is 0. The summed E-state index contributed by atoms with van der Waals surface area (Å²) in [6, 6.07) is 24.1. The molecule has 1 aromatic heterocycles. The van der Waals surface area contributed by atoms with Crippen LogP contribution in [0.2, 0.25) is 0 Å². The molecule has 0 saturated heterocycles. The zero-order valence-corrected chi connectivity index (χ0v) is 17.1. The highest BCUT2D eigenvalue weighted by Gasteiger charge is 2.19. The first-order valence-corrected chi connectivity index (χ1v) is 10.0. The second-order valence-electron chi connectivity index (χ2n) is 7.27. The normalized spacial score (nSPS) is 11.1. The van der Waals surface area contributed by atoms with Gasteiger partial charge in [0.2, 0.25) is 0 Å². The number of H-pyrrole nitrogens is 1. The van der Waals surface area contributed by atoms with Gasteiger partial charge in [-0.2, -0.15) is 10.4 Å². The maximum Gasteiger partial charge on any atom is 0.259 e. The van der Waals surface area contributed by atoms with Crippen LogP contribution in [0.1, 0.15) is 15.9 Å². The molecule has 0 unspecified atom stereocenters. The van der Waals surface area contributed by atoms with Crippen LogP contribution in [0.3, 0.4) is 0 Å². The zero-order chi connectivity index (χ0) is 22.8. The molecule has 0 saturated carbocycles. The van der Waals surface area contributed by atoms with E-state index in [0.717, 1.165) is 10.8 Å². The van der Waals surface area contributed by atoms with Crippen LogP contribution in [0.4, 0.5) is 17.2 Å². The fourth-order valence-corrected chi connectivity index (χ4v) is 3.65. The average molecular weight is 432 g/mol. The van der Waals surface area contributed by atoms with Gasteiger partial charge in [0, 0.05) is 16.5 Å². The minimum Gasteiger partial charge on any atom is -0.505 e. The van der Waals surface area contributed by atoms with Gasteiger partial charge in [0.15, 0.2) is 11.6 Å². The molecule has 8 heteroatoms.